The average molecular weight is 285 g/mol. The Bertz CT molecular complexity index is 609. The monoisotopic (exact) mass is 285 g/mol. The molecule has 0 spiro atoms. The number of ether oxygens (including phenoxy) is 1. The van der Waals surface area contributed by atoms with Crippen LogP contribution in [0, 0.1) is 0 Å². The fourth-order valence-electron chi connectivity index (χ4n) is 1.84. The molecule has 21 heavy (non-hydrogen) atoms. The molecule has 0 aliphatic heterocycles. The van der Waals surface area contributed by atoms with Gasteiger partial charge < -0.3 is 15.4 Å². The number of amides is 1. The summed E-state index contributed by atoms with van der Waals surface area (Å²) in [4.78, 5) is 16.3. The first-order chi connectivity index (χ1) is 10.1. The molecule has 2 rings (SSSR count). The largest absolute Gasteiger partial charge is 0.497 e. The minimum absolute atomic E-state index is 0.217. The number of pyridine rings is 1. The van der Waals surface area contributed by atoms with Gasteiger partial charge in [0.25, 0.3) is 5.91 Å². The SMILES string of the molecule is COc1cccc(C(=O)Nc2ccc(NC(C)C)cn2)c1. The van der Waals surface area contributed by atoms with Crippen molar-refractivity contribution in [3.63, 3.8) is 0 Å². The molecule has 0 aliphatic carbocycles. The summed E-state index contributed by atoms with van der Waals surface area (Å²) in [5.74, 6) is 0.940. The summed E-state index contributed by atoms with van der Waals surface area (Å²) in [5, 5.41) is 6.00. The van der Waals surface area contributed by atoms with Crippen LogP contribution >= 0.6 is 0 Å². The standard InChI is InChI=1S/C16H19N3O2/c1-11(2)18-13-7-8-15(17-10-13)19-16(20)12-5-4-6-14(9-12)21-3/h4-11,18H,1-3H3,(H,17,19,20). The summed E-state index contributed by atoms with van der Waals surface area (Å²) in [6, 6.07) is 11.0. The number of carbonyl (C=O) groups excluding carboxylic acids is 1. The Morgan fingerprint density at radius 3 is 2.67 bits per heavy atom. The molecule has 0 aliphatic rings. The molecule has 0 unspecified atom stereocenters. The number of hydrogen-bond acceptors (Lipinski definition) is 4. The summed E-state index contributed by atoms with van der Waals surface area (Å²) in [5.41, 5.74) is 1.45. The fraction of sp³-hybridized carbons (Fsp3) is 0.250. The lowest BCUT2D eigenvalue weighted by atomic mass is 10.2. The molecule has 1 heterocycles. The van der Waals surface area contributed by atoms with Crippen LogP contribution < -0.4 is 15.4 Å². The zero-order valence-corrected chi connectivity index (χ0v) is 12.4. The molecule has 110 valence electrons. The maximum Gasteiger partial charge on any atom is 0.256 e. The van der Waals surface area contributed by atoms with E-state index in [9.17, 15) is 4.79 Å². The first-order valence-corrected chi connectivity index (χ1v) is 6.76. The van der Waals surface area contributed by atoms with Crippen molar-refractivity contribution in [2.24, 2.45) is 0 Å². The molecule has 0 saturated heterocycles. The van der Waals surface area contributed by atoms with Crippen LogP contribution in [0.1, 0.15) is 24.2 Å². The van der Waals surface area contributed by atoms with E-state index in [2.05, 4.69) is 29.5 Å². The van der Waals surface area contributed by atoms with Gasteiger partial charge in [-0.1, -0.05) is 6.07 Å². The van der Waals surface area contributed by atoms with Crippen molar-refractivity contribution in [3.8, 4) is 5.75 Å². The van der Waals surface area contributed by atoms with Gasteiger partial charge >= 0.3 is 0 Å². The summed E-state index contributed by atoms with van der Waals surface area (Å²) >= 11 is 0. The van der Waals surface area contributed by atoms with Crippen LogP contribution in [0.5, 0.6) is 5.75 Å². The molecule has 0 bridgehead atoms. The van der Waals surface area contributed by atoms with E-state index in [-0.39, 0.29) is 5.91 Å². The summed E-state index contributed by atoms with van der Waals surface area (Å²) < 4.78 is 5.10. The highest BCUT2D eigenvalue weighted by Gasteiger charge is 2.08. The van der Waals surface area contributed by atoms with Crippen molar-refractivity contribution in [2.75, 3.05) is 17.7 Å². The highest BCUT2D eigenvalue weighted by atomic mass is 16.5. The van der Waals surface area contributed by atoms with E-state index < -0.39 is 0 Å². The van der Waals surface area contributed by atoms with E-state index in [0.29, 0.717) is 23.2 Å². The molecule has 0 radical (unpaired) electrons. The Kier molecular flexibility index (Phi) is 4.77. The molecule has 5 heteroatoms. The molecule has 0 atom stereocenters. The number of nitrogens with one attached hydrogen (secondary N) is 2. The molecule has 0 fully saturated rings. The predicted molar refractivity (Wildman–Crippen MR) is 83.9 cm³/mol. The van der Waals surface area contributed by atoms with Gasteiger partial charge in [-0.15, -0.1) is 0 Å². The maximum atomic E-state index is 12.1. The molecule has 1 amide bonds. The third-order valence-corrected chi connectivity index (χ3v) is 2.79. The molecular formula is C16H19N3O2. The van der Waals surface area contributed by atoms with Crippen molar-refractivity contribution < 1.29 is 9.53 Å². The first kappa shape index (κ1) is 14.8. The molecule has 5 nitrogen and oxygen atoms in total. The van der Waals surface area contributed by atoms with Crippen LogP contribution in [0.25, 0.3) is 0 Å². The van der Waals surface area contributed by atoms with Gasteiger partial charge in [0.1, 0.15) is 11.6 Å². The highest BCUT2D eigenvalue weighted by Crippen LogP contribution is 2.15. The van der Waals surface area contributed by atoms with Crippen molar-refractivity contribution in [1.82, 2.24) is 4.98 Å². The number of nitrogens with zero attached hydrogens (tertiary/aromatic N) is 1. The zero-order chi connectivity index (χ0) is 15.2. The first-order valence-electron chi connectivity index (χ1n) is 6.76. The number of methoxy groups -OCH3 is 1. The molecule has 1 aromatic carbocycles. The summed E-state index contributed by atoms with van der Waals surface area (Å²) in [7, 11) is 1.57. The van der Waals surface area contributed by atoms with Crippen LogP contribution in [0.2, 0.25) is 0 Å². The Morgan fingerprint density at radius 2 is 2.05 bits per heavy atom. The van der Waals surface area contributed by atoms with E-state index in [1.54, 1.807) is 43.6 Å². The van der Waals surface area contributed by atoms with Gasteiger partial charge in [-0.25, -0.2) is 4.98 Å². The smallest absolute Gasteiger partial charge is 0.256 e. The predicted octanol–water partition coefficient (Wildman–Crippen LogP) is 3.16. The Labute approximate surface area is 124 Å². The van der Waals surface area contributed by atoms with Crippen molar-refractivity contribution in [3.05, 3.63) is 48.2 Å². The maximum absolute atomic E-state index is 12.1. The third kappa shape index (κ3) is 4.21. The van der Waals surface area contributed by atoms with Crippen molar-refractivity contribution in [1.29, 1.82) is 0 Å². The van der Waals surface area contributed by atoms with Gasteiger partial charge in [0.15, 0.2) is 0 Å². The van der Waals surface area contributed by atoms with Gasteiger partial charge in [0.2, 0.25) is 0 Å². The normalized spacial score (nSPS) is 10.3. The van der Waals surface area contributed by atoms with E-state index in [0.717, 1.165) is 5.69 Å². The lowest BCUT2D eigenvalue weighted by Crippen LogP contribution is -2.14. The van der Waals surface area contributed by atoms with Crippen LogP contribution in [-0.2, 0) is 0 Å². The second-order valence-corrected chi connectivity index (χ2v) is 4.92. The van der Waals surface area contributed by atoms with Crippen LogP contribution in [0.4, 0.5) is 11.5 Å². The number of hydrogen-bond donors (Lipinski definition) is 2. The number of aromatic nitrogens is 1. The zero-order valence-electron chi connectivity index (χ0n) is 12.4. The van der Waals surface area contributed by atoms with Gasteiger partial charge in [-0.3, -0.25) is 4.79 Å². The van der Waals surface area contributed by atoms with E-state index in [1.165, 1.54) is 0 Å². The average Bonchev–Trinajstić information content (AvgIpc) is 2.49. The topological polar surface area (TPSA) is 63.2 Å². The van der Waals surface area contributed by atoms with Gasteiger partial charge in [0, 0.05) is 11.6 Å². The summed E-state index contributed by atoms with van der Waals surface area (Å²) in [6.07, 6.45) is 1.70. The molecule has 2 N–H and O–H groups in total. The molecule has 0 saturated carbocycles. The van der Waals surface area contributed by atoms with E-state index >= 15 is 0 Å². The molecular weight excluding hydrogens is 266 g/mol. The number of rotatable bonds is 5. The quantitative estimate of drug-likeness (QED) is 0.885. The minimum Gasteiger partial charge on any atom is -0.497 e. The third-order valence-electron chi connectivity index (χ3n) is 2.79. The van der Waals surface area contributed by atoms with Crippen molar-refractivity contribution >= 4 is 17.4 Å². The van der Waals surface area contributed by atoms with Crippen molar-refractivity contribution in [2.45, 2.75) is 19.9 Å². The van der Waals surface area contributed by atoms with Gasteiger partial charge in [0.05, 0.1) is 19.0 Å². The van der Waals surface area contributed by atoms with Crippen LogP contribution in [0.15, 0.2) is 42.6 Å². The highest BCUT2D eigenvalue weighted by molar-refractivity contribution is 6.04. The van der Waals surface area contributed by atoms with Gasteiger partial charge in [-0.05, 0) is 44.2 Å². The lowest BCUT2D eigenvalue weighted by Gasteiger charge is -2.10. The van der Waals surface area contributed by atoms with E-state index in [1.807, 2.05) is 6.07 Å². The fourth-order valence-corrected chi connectivity index (χ4v) is 1.84. The number of carbonyl (C=O) groups is 1. The molecule has 1 aromatic heterocycles. The van der Waals surface area contributed by atoms with Crippen LogP contribution in [0.3, 0.4) is 0 Å². The molecule has 2 aromatic rings. The Balaban J connectivity index is 2.05. The Hall–Kier alpha value is -2.56. The second kappa shape index (κ2) is 6.74. The number of anilines is 2. The summed E-state index contributed by atoms with van der Waals surface area (Å²) in [6.45, 7) is 4.11. The van der Waals surface area contributed by atoms with Crippen LogP contribution in [-0.4, -0.2) is 24.0 Å². The van der Waals surface area contributed by atoms with Gasteiger partial charge in [-0.2, -0.15) is 0 Å². The Morgan fingerprint density at radius 1 is 1.24 bits per heavy atom. The minimum atomic E-state index is -0.217. The number of benzene rings is 1. The second-order valence-electron chi connectivity index (χ2n) is 4.92. The lowest BCUT2D eigenvalue weighted by molar-refractivity contribution is 0.102. The van der Waals surface area contributed by atoms with E-state index in [4.69, 9.17) is 4.74 Å².